The number of para-hydroxylation sites is 1. The molecule has 3 rings (SSSR count). The molecule has 3 aromatic rings. The average molecular weight is 378 g/mol. The normalized spacial score (nSPS) is 10.2. The first kappa shape index (κ1) is 19.1. The van der Waals surface area contributed by atoms with Crippen molar-refractivity contribution in [2.24, 2.45) is 0 Å². The van der Waals surface area contributed by atoms with Crippen LogP contribution in [0.2, 0.25) is 0 Å². The fourth-order valence-electron chi connectivity index (χ4n) is 2.58. The van der Waals surface area contributed by atoms with Crippen molar-refractivity contribution in [2.75, 3.05) is 16.8 Å². The molecule has 0 fully saturated rings. The van der Waals surface area contributed by atoms with Crippen molar-refractivity contribution in [1.82, 2.24) is 0 Å². The zero-order chi connectivity index (χ0) is 19.9. The van der Waals surface area contributed by atoms with Crippen LogP contribution in [0, 0.1) is 5.82 Å². The molecule has 6 heteroatoms. The summed E-state index contributed by atoms with van der Waals surface area (Å²) in [5.74, 6) is 0.283. The van der Waals surface area contributed by atoms with Gasteiger partial charge in [-0.2, -0.15) is 0 Å². The summed E-state index contributed by atoms with van der Waals surface area (Å²) < 4.78 is 18.7. The first-order valence-corrected chi connectivity index (χ1v) is 8.68. The molecule has 0 aliphatic carbocycles. The molecule has 0 aliphatic rings. The average Bonchev–Trinajstić information content (AvgIpc) is 2.69. The van der Waals surface area contributed by atoms with Crippen molar-refractivity contribution in [3.05, 3.63) is 84.7 Å². The molecule has 142 valence electrons. The summed E-state index contributed by atoms with van der Waals surface area (Å²) in [6, 6.07) is 21.7. The highest BCUT2D eigenvalue weighted by atomic mass is 19.1. The number of amides is 2. The molecule has 0 spiro atoms. The second kappa shape index (κ2) is 8.81. The van der Waals surface area contributed by atoms with Crippen LogP contribution in [0.15, 0.2) is 78.9 Å². The number of ether oxygens (including phenoxy) is 1. The molecular formula is C22H19FN2O3. The number of carbonyl (C=O) groups is 2. The number of halogens is 1. The molecule has 0 saturated carbocycles. The van der Waals surface area contributed by atoms with E-state index in [0.717, 1.165) is 0 Å². The number of hydrogen-bond acceptors (Lipinski definition) is 3. The molecule has 3 aromatic carbocycles. The van der Waals surface area contributed by atoms with E-state index in [2.05, 4.69) is 5.32 Å². The summed E-state index contributed by atoms with van der Waals surface area (Å²) in [5, 5.41) is 2.64. The summed E-state index contributed by atoms with van der Waals surface area (Å²) in [6.07, 6.45) is 0. The number of hydrogen-bond donors (Lipinski definition) is 1. The molecule has 0 aromatic heterocycles. The SMILES string of the molecule is CC(=O)N(CC(=O)Nc1ccc(F)cc1)c1ccc(Oc2ccccc2)cc1. The van der Waals surface area contributed by atoms with Gasteiger partial charge < -0.3 is 15.0 Å². The highest BCUT2D eigenvalue weighted by Crippen LogP contribution is 2.24. The van der Waals surface area contributed by atoms with Crippen molar-refractivity contribution in [1.29, 1.82) is 0 Å². The number of carbonyl (C=O) groups excluding carboxylic acids is 2. The van der Waals surface area contributed by atoms with Crippen LogP contribution >= 0.6 is 0 Å². The Morgan fingerprint density at radius 2 is 1.50 bits per heavy atom. The Morgan fingerprint density at radius 3 is 2.11 bits per heavy atom. The van der Waals surface area contributed by atoms with Crippen molar-refractivity contribution in [3.63, 3.8) is 0 Å². The molecule has 0 bridgehead atoms. The van der Waals surface area contributed by atoms with Crippen LogP contribution in [0.5, 0.6) is 11.5 Å². The maximum absolute atomic E-state index is 13.0. The topological polar surface area (TPSA) is 58.6 Å². The smallest absolute Gasteiger partial charge is 0.244 e. The van der Waals surface area contributed by atoms with Crippen LogP contribution in [0.4, 0.5) is 15.8 Å². The molecule has 0 heterocycles. The van der Waals surface area contributed by atoms with Gasteiger partial charge in [0.05, 0.1) is 0 Å². The van der Waals surface area contributed by atoms with Gasteiger partial charge in [-0.25, -0.2) is 4.39 Å². The van der Waals surface area contributed by atoms with E-state index in [1.807, 2.05) is 30.3 Å². The van der Waals surface area contributed by atoms with Crippen LogP contribution in [0.1, 0.15) is 6.92 Å². The lowest BCUT2D eigenvalue weighted by Gasteiger charge is -2.21. The van der Waals surface area contributed by atoms with E-state index in [-0.39, 0.29) is 24.2 Å². The maximum atomic E-state index is 13.0. The fraction of sp³-hybridized carbons (Fsp3) is 0.0909. The quantitative estimate of drug-likeness (QED) is 0.681. The third kappa shape index (κ3) is 5.17. The van der Waals surface area contributed by atoms with E-state index < -0.39 is 0 Å². The summed E-state index contributed by atoms with van der Waals surface area (Å²) in [5.41, 5.74) is 1.03. The van der Waals surface area contributed by atoms with Gasteiger partial charge >= 0.3 is 0 Å². The van der Waals surface area contributed by atoms with Gasteiger partial charge in [0.15, 0.2) is 0 Å². The van der Waals surface area contributed by atoms with Gasteiger partial charge in [0.25, 0.3) is 0 Å². The lowest BCUT2D eigenvalue weighted by atomic mass is 10.2. The molecule has 0 atom stereocenters. The largest absolute Gasteiger partial charge is 0.457 e. The second-order valence-electron chi connectivity index (χ2n) is 6.07. The fourth-order valence-corrected chi connectivity index (χ4v) is 2.58. The molecule has 0 unspecified atom stereocenters. The molecule has 28 heavy (non-hydrogen) atoms. The molecule has 2 amide bonds. The number of nitrogens with zero attached hydrogens (tertiary/aromatic N) is 1. The zero-order valence-electron chi connectivity index (χ0n) is 15.3. The molecule has 5 nitrogen and oxygen atoms in total. The van der Waals surface area contributed by atoms with E-state index in [0.29, 0.717) is 22.9 Å². The molecule has 0 aliphatic heterocycles. The van der Waals surface area contributed by atoms with Crippen molar-refractivity contribution >= 4 is 23.2 Å². The van der Waals surface area contributed by atoms with E-state index >= 15 is 0 Å². The van der Waals surface area contributed by atoms with Gasteiger partial charge in [-0.1, -0.05) is 18.2 Å². The number of anilines is 2. The monoisotopic (exact) mass is 378 g/mol. The van der Waals surface area contributed by atoms with Gasteiger partial charge in [-0.3, -0.25) is 9.59 Å². The first-order valence-electron chi connectivity index (χ1n) is 8.68. The van der Waals surface area contributed by atoms with Crippen LogP contribution in [0.25, 0.3) is 0 Å². The summed E-state index contributed by atoms with van der Waals surface area (Å²) in [4.78, 5) is 25.6. The summed E-state index contributed by atoms with van der Waals surface area (Å²) >= 11 is 0. The first-order chi connectivity index (χ1) is 13.5. The van der Waals surface area contributed by atoms with Gasteiger partial charge in [0.2, 0.25) is 11.8 Å². The van der Waals surface area contributed by atoms with Crippen LogP contribution in [-0.4, -0.2) is 18.4 Å². The zero-order valence-corrected chi connectivity index (χ0v) is 15.3. The molecule has 0 saturated heterocycles. The van der Waals surface area contributed by atoms with E-state index in [1.165, 1.54) is 36.1 Å². The molecule has 1 N–H and O–H groups in total. The summed E-state index contributed by atoms with van der Waals surface area (Å²) in [7, 11) is 0. The standard InChI is InChI=1S/C22H19FN2O3/c1-16(26)25(15-22(27)24-18-9-7-17(23)8-10-18)19-11-13-21(14-12-19)28-20-5-3-2-4-6-20/h2-14H,15H2,1H3,(H,24,27). The lowest BCUT2D eigenvalue weighted by Crippen LogP contribution is -2.36. The van der Waals surface area contributed by atoms with Crippen molar-refractivity contribution in [3.8, 4) is 11.5 Å². The Hall–Kier alpha value is -3.67. The predicted octanol–water partition coefficient (Wildman–Crippen LogP) is 4.61. The van der Waals surface area contributed by atoms with Crippen LogP contribution in [0.3, 0.4) is 0 Å². The van der Waals surface area contributed by atoms with Gasteiger partial charge in [0.1, 0.15) is 23.9 Å². The summed E-state index contributed by atoms with van der Waals surface area (Å²) in [6.45, 7) is 1.23. The number of nitrogens with one attached hydrogen (secondary N) is 1. The lowest BCUT2D eigenvalue weighted by molar-refractivity contribution is -0.120. The third-order valence-electron chi connectivity index (χ3n) is 3.94. The number of benzene rings is 3. The van der Waals surface area contributed by atoms with Crippen molar-refractivity contribution < 1.29 is 18.7 Å². The van der Waals surface area contributed by atoms with Gasteiger partial charge in [-0.15, -0.1) is 0 Å². The van der Waals surface area contributed by atoms with E-state index in [4.69, 9.17) is 4.74 Å². The van der Waals surface area contributed by atoms with E-state index in [1.54, 1.807) is 24.3 Å². The molecule has 0 radical (unpaired) electrons. The highest BCUT2D eigenvalue weighted by molar-refractivity contribution is 6.01. The number of rotatable bonds is 6. The Bertz CT molecular complexity index is 942. The Balaban J connectivity index is 1.66. The third-order valence-corrected chi connectivity index (χ3v) is 3.94. The second-order valence-corrected chi connectivity index (χ2v) is 6.07. The van der Waals surface area contributed by atoms with E-state index in [9.17, 15) is 14.0 Å². The minimum atomic E-state index is -0.388. The predicted molar refractivity (Wildman–Crippen MR) is 106 cm³/mol. The minimum Gasteiger partial charge on any atom is -0.457 e. The minimum absolute atomic E-state index is 0.161. The van der Waals surface area contributed by atoms with Gasteiger partial charge in [0, 0.05) is 18.3 Å². The highest BCUT2D eigenvalue weighted by Gasteiger charge is 2.16. The van der Waals surface area contributed by atoms with Crippen molar-refractivity contribution in [2.45, 2.75) is 6.92 Å². The molecular weight excluding hydrogens is 359 g/mol. The Kier molecular flexibility index (Phi) is 6.01. The maximum Gasteiger partial charge on any atom is 0.244 e. The van der Waals surface area contributed by atoms with Gasteiger partial charge in [-0.05, 0) is 60.7 Å². The van der Waals surface area contributed by atoms with Crippen LogP contribution in [-0.2, 0) is 9.59 Å². The van der Waals surface area contributed by atoms with Crippen LogP contribution < -0.4 is 15.0 Å². The Labute approximate surface area is 162 Å². The Morgan fingerprint density at radius 1 is 0.893 bits per heavy atom.